The fraction of sp³-hybridized carbons (Fsp3) is 0.263. The van der Waals surface area contributed by atoms with Gasteiger partial charge in [-0.25, -0.2) is 8.78 Å². The first-order chi connectivity index (χ1) is 13.1. The number of carbonyl (C=O) groups excluding carboxylic acids is 1. The molecule has 2 aromatic carbocycles. The number of amides is 1. The molecule has 6 nitrogen and oxygen atoms in total. The van der Waals surface area contributed by atoms with Gasteiger partial charge >= 0.3 is 0 Å². The van der Waals surface area contributed by atoms with Crippen LogP contribution in [0.25, 0.3) is 11.4 Å². The van der Waals surface area contributed by atoms with Crippen molar-refractivity contribution in [2.45, 2.75) is 18.9 Å². The van der Waals surface area contributed by atoms with E-state index < -0.39 is 0 Å². The van der Waals surface area contributed by atoms with E-state index in [9.17, 15) is 13.6 Å². The van der Waals surface area contributed by atoms with E-state index in [0.717, 1.165) is 12.8 Å². The molecular formula is C19H17F2N5O. The predicted molar refractivity (Wildman–Crippen MR) is 93.8 cm³/mol. The van der Waals surface area contributed by atoms with Crippen molar-refractivity contribution in [3.63, 3.8) is 0 Å². The first kappa shape index (κ1) is 17.3. The number of rotatable bonds is 3. The Hall–Kier alpha value is -3.16. The molecule has 1 aromatic heterocycles. The highest BCUT2D eigenvalue weighted by Gasteiger charge is 2.27. The van der Waals surface area contributed by atoms with Gasteiger partial charge in [0, 0.05) is 24.2 Å². The molecule has 0 N–H and O–H groups in total. The molecule has 1 amide bonds. The summed E-state index contributed by atoms with van der Waals surface area (Å²) in [6.07, 6.45) is 1.61. The zero-order valence-electron chi connectivity index (χ0n) is 14.4. The highest BCUT2D eigenvalue weighted by Crippen LogP contribution is 2.23. The normalized spacial score (nSPS) is 17.1. The molecule has 4 rings (SSSR count). The first-order valence-electron chi connectivity index (χ1n) is 8.70. The standard InChI is InChI=1S/C19H17F2N5O/c20-15-8-6-13(7-9-15)19(27)25-10-2-5-17(12-25)26-23-18(22-24-26)14-3-1-4-16(21)11-14/h1,3-4,6-9,11,17H,2,5,10,12H2/t17-/m0/s1. The van der Waals surface area contributed by atoms with Crippen molar-refractivity contribution in [3.05, 3.63) is 65.7 Å². The van der Waals surface area contributed by atoms with Crippen LogP contribution >= 0.6 is 0 Å². The molecule has 0 aliphatic carbocycles. The van der Waals surface area contributed by atoms with Gasteiger partial charge in [-0.15, -0.1) is 10.2 Å². The maximum absolute atomic E-state index is 13.4. The van der Waals surface area contributed by atoms with Crippen LogP contribution < -0.4 is 0 Å². The molecule has 1 fully saturated rings. The summed E-state index contributed by atoms with van der Waals surface area (Å²) < 4.78 is 26.5. The molecule has 0 saturated carbocycles. The molecule has 8 heteroatoms. The monoisotopic (exact) mass is 369 g/mol. The van der Waals surface area contributed by atoms with Crippen molar-refractivity contribution in [2.24, 2.45) is 0 Å². The summed E-state index contributed by atoms with van der Waals surface area (Å²) in [5.74, 6) is -0.543. The number of hydrogen-bond acceptors (Lipinski definition) is 4. The van der Waals surface area contributed by atoms with E-state index in [2.05, 4.69) is 15.4 Å². The lowest BCUT2D eigenvalue weighted by atomic mass is 10.0. The molecule has 0 spiro atoms. The highest BCUT2D eigenvalue weighted by atomic mass is 19.1. The van der Waals surface area contributed by atoms with Gasteiger partial charge in [0.05, 0.1) is 6.04 Å². The molecule has 1 aliphatic heterocycles. The lowest BCUT2D eigenvalue weighted by Gasteiger charge is -2.31. The Labute approximate surface area is 154 Å². The van der Waals surface area contributed by atoms with Gasteiger partial charge in [0.15, 0.2) is 0 Å². The van der Waals surface area contributed by atoms with Gasteiger partial charge in [0.1, 0.15) is 11.6 Å². The third kappa shape index (κ3) is 3.69. The average Bonchev–Trinajstić information content (AvgIpc) is 3.18. The predicted octanol–water partition coefficient (Wildman–Crippen LogP) is 3.10. The molecule has 2 heterocycles. The van der Waals surface area contributed by atoms with E-state index in [-0.39, 0.29) is 23.6 Å². The van der Waals surface area contributed by atoms with Crippen LogP contribution in [-0.2, 0) is 0 Å². The number of likely N-dealkylation sites (tertiary alicyclic amines) is 1. The molecule has 0 radical (unpaired) electrons. The van der Waals surface area contributed by atoms with Crippen molar-refractivity contribution in [2.75, 3.05) is 13.1 Å². The Bertz CT molecular complexity index is 957. The minimum Gasteiger partial charge on any atom is -0.336 e. The van der Waals surface area contributed by atoms with Crippen LogP contribution in [0.2, 0.25) is 0 Å². The van der Waals surface area contributed by atoms with Crippen LogP contribution in [0.4, 0.5) is 8.78 Å². The molecule has 1 saturated heterocycles. The number of piperidine rings is 1. The van der Waals surface area contributed by atoms with Crippen molar-refractivity contribution in [1.82, 2.24) is 25.1 Å². The van der Waals surface area contributed by atoms with E-state index in [1.807, 2.05) is 0 Å². The smallest absolute Gasteiger partial charge is 0.253 e. The number of hydrogen-bond donors (Lipinski definition) is 0. The zero-order valence-corrected chi connectivity index (χ0v) is 14.4. The fourth-order valence-electron chi connectivity index (χ4n) is 3.23. The topological polar surface area (TPSA) is 63.9 Å². The Balaban J connectivity index is 1.50. The van der Waals surface area contributed by atoms with Crippen LogP contribution in [-0.4, -0.2) is 44.1 Å². The molecule has 1 atom stereocenters. The van der Waals surface area contributed by atoms with Gasteiger partial charge in [0.25, 0.3) is 5.91 Å². The Kier molecular flexibility index (Phi) is 4.62. The third-order valence-electron chi connectivity index (χ3n) is 4.61. The van der Waals surface area contributed by atoms with Crippen LogP contribution in [0, 0.1) is 11.6 Å². The van der Waals surface area contributed by atoms with Crippen molar-refractivity contribution >= 4 is 5.91 Å². The van der Waals surface area contributed by atoms with Crippen molar-refractivity contribution < 1.29 is 13.6 Å². The van der Waals surface area contributed by atoms with E-state index in [4.69, 9.17) is 0 Å². The molecule has 3 aromatic rings. The molecule has 1 aliphatic rings. The zero-order chi connectivity index (χ0) is 18.8. The summed E-state index contributed by atoms with van der Waals surface area (Å²) in [5.41, 5.74) is 1.00. The number of carbonyl (C=O) groups is 1. The second kappa shape index (κ2) is 7.22. The highest BCUT2D eigenvalue weighted by molar-refractivity contribution is 5.94. The molecule has 138 valence electrons. The third-order valence-corrected chi connectivity index (χ3v) is 4.61. The summed E-state index contributed by atoms with van der Waals surface area (Å²) in [6.45, 7) is 1.06. The second-order valence-electron chi connectivity index (χ2n) is 6.50. The number of nitrogens with zero attached hydrogens (tertiary/aromatic N) is 5. The number of tetrazole rings is 1. The average molecular weight is 369 g/mol. The molecular weight excluding hydrogens is 352 g/mol. The van der Waals surface area contributed by atoms with E-state index in [1.165, 1.54) is 41.2 Å². The summed E-state index contributed by atoms with van der Waals surface area (Å²) in [4.78, 5) is 15.9. The Morgan fingerprint density at radius 3 is 2.67 bits per heavy atom. The summed E-state index contributed by atoms with van der Waals surface area (Å²) in [7, 11) is 0. The Morgan fingerprint density at radius 2 is 1.89 bits per heavy atom. The largest absolute Gasteiger partial charge is 0.336 e. The summed E-state index contributed by atoms with van der Waals surface area (Å²) >= 11 is 0. The van der Waals surface area contributed by atoms with E-state index in [1.54, 1.807) is 17.0 Å². The second-order valence-corrected chi connectivity index (χ2v) is 6.50. The van der Waals surface area contributed by atoms with Crippen LogP contribution in [0.15, 0.2) is 48.5 Å². The lowest BCUT2D eigenvalue weighted by Crippen LogP contribution is -2.41. The summed E-state index contributed by atoms with van der Waals surface area (Å²) in [5, 5.41) is 12.5. The van der Waals surface area contributed by atoms with Gasteiger partial charge in [-0.05, 0) is 54.5 Å². The van der Waals surface area contributed by atoms with Crippen LogP contribution in [0.5, 0.6) is 0 Å². The van der Waals surface area contributed by atoms with Gasteiger partial charge in [-0.1, -0.05) is 12.1 Å². The van der Waals surface area contributed by atoms with Crippen LogP contribution in [0.3, 0.4) is 0 Å². The molecule has 27 heavy (non-hydrogen) atoms. The Morgan fingerprint density at radius 1 is 1.07 bits per heavy atom. The minimum atomic E-state index is -0.375. The van der Waals surface area contributed by atoms with E-state index >= 15 is 0 Å². The fourth-order valence-corrected chi connectivity index (χ4v) is 3.23. The quantitative estimate of drug-likeness (QED) is 0.712. The van der Waals surface area contributed by atoms with Crippen molar-refractivity contribution in [3.8, 4) is 11.4 Å². The van der Waals surface area contributed by atoms with E-state index in [0.29, 0.717) is 30.0 Å². The van der Waals surface area contributed by atoms with Crippen LogP contribution in [0.1, 0.15) is 29.2 Å². The number of halogens is 2. The summed E-state index contributed by atoms with van der Waals surface area (Å²) in [6, 6.07) is 11.4. The SMILES string of the molecule is O=C(c1ccc(F)cc1)N1CCC[C@H](n2nnc(-c3cccc(F)c3)n2)C1. The maximum atomic E-state index is 13.4. The van der Waals surface area contributed by atoms with Gasteiger partial charge < -0.3 is 4.90 Å². The lowest BCUT2D eigenvalue weighted by molar-refractivity contribution is 0.0663. The number of aromatic nitrogens is 4. The van der Waals surface area contributed by atoms with Gasteiger partial charge in [-0.2, -0.15) is 4.80 Å². The minimum absolute atomic E-state index is 0.113. The van der Waals surface area contributed by atoms with Crippen molar-refractivity contribution in [1.29, 1.82) is 0 Å². The maximum Gasteiger partial charge on any atom is 0.253 e. The number of benzene rings is 2. The van der Waals surface area contributed by atoms with Gasteiger partial charge in [0.2, 0.25) is 5.82 Å². The van der Waals surface area contributed by atoms with Gasteiger partial charge in [-0.3, -0.25) is 4.79 Å². The molecule has 0 unspecified atom stereocenters. The molecule has 0 bridgehead atoms. The first-order valence-corrected chi connectivity index (χ1v) is 8.70.